The molecular formula is C25H20N4O2. The Hall–Kier alpha value is -4.19. The summed E-state index contributed by atoms with van der Waals surface area (Å²) in [5, 5.41) is 0.982. The molecule has 0 aliphatic carbocycles. The first-order valence-corrected chi connectivity index (χ1v) is 9.87. The van der Waals surface area contributed by atoms with Crippen molar-refractivity contribution in [3.05, 3.63) is 78.9 Å². The van der Waals surface area contributed by atoms with Crippen LogP contribution in [0.3, 0.4) is 0 Å². The van der Waals surface area contributed by atoms with Gasteiger partial charge in [-0.2, -0.15) is 0 Å². The second kappa shape index (κ2) is 7.91. The van der Waals surface area contributed by atoms with Crippen LogP contribution in [0.1, 0.15) is 0 Å². The highest BCUT2D eigenvalue weighted by Crippen LogP contribution is 2.34. The zero-order chi connectivity index (χ0) is 21.2. The molecule has 0 spiro atoms. The van der Waals surface area contributed by atoms with Crippen molar-refractivity contribution in [2.24, 2.45) is 0 Å². The van der Waals surface area contributed by atoms with Crippen LogP contribution in [-0.2, 0) is 0 Å². The Kier molecular flexibility index (Phi) is 4.80. The standard InChI is InChI=1S/C25H20N4O2/c1-30-21-14-18-13-20(26-19(18)15-22(21)31-2)25-28-23(16-9-5-3-6-10-16)27-24(29-25)17-11-7-4-8-12-17/h3-15,26H,1-2H3. The van der Waals surface area contributed by atoms with E-state index in [-0.39, 0.29) is 0 Å². The van der Waals surface area contributed by atoms with Gasteiger partial charge in [0, 0.05) is 28.1 Å². The Morgan fingerprint density at radius 1 is 0.613 bits per heavy atom. The minimum absolute atomic E-state index is 0.571. The molecular weight excluding hydrogens is 388 g/mol. The first-order valence-electron chi connectivity index (χ1n) is 9.87. The van der Waals surface area contributed by atoms with Crippen molar-refractivity contribution in [2.45, 2.75) is 0 Å². The summed E-state index contributed by atoms with van der Waals surface area (Å²) in [6.07, 6.45) is 0. The van der Waals surface area contributed by atoms with E-state index in [4.69, 9.17) is 24.4 Å². The number of ether oxygens (including phenoxy) is 2. The third-order valence-corrected chi connectivity index (χ3v) is 5.07. The summed E-state index contributed by atoms with van der Waals surface area (Å²) >= 11 is 0. The van der Waals surface area contributed by atoms with E-state index in [1.54, 1.807) is 14.2 Å². The maximum Gasteiger partial charge on any atom is 0.180 e. The fourth-order valence-electron chi connectivity index (χ4n) is 3.51. The first kappa shape index (κ1) is 18.8. The molecule has 3 aromatic carbocycles. The topological polar surface area (TPSA) is 72.9 Å². The monoisotopic (exact) mass is 408 g/mol. The first-order chi connectivity index (χ1) is 15.2. The maximum atomic E-state index is 5.43. The lowest BCUT2D eigenvalue weighted by atomic mass is 10.2. The van der Waals surface area contributed by atoms with Gasteiger partial charge in [0.1, 0.15) is 0 Å². The van der Waals surface area contributed by atoms with Gasteiger partial charge < -0.3 is 14.5 Å². The molecule has 0 saturated carbocycles. The minimum atomic E-state index is 0.571. The third kappa shape index (κ3) is 3.59. The Bertz CT molecular complexity index is 1250. The van der Waals surface area contributed by atoms with Crippen LogP contribution in [0, 0.1) is 0 Å². The quantitative estimate of drug-likeness (QED) is 0.423. The normalized spacial score (nSPS) is 10.9. The number of hydrogen-bond donors (Lipinski definition) is 1. The average Bonchev–Trinajstić information content (AvgIpc) is 3.27. The number of nitrogens with one attached hydrogen (secondary N) is 1. The molecule has 1 N–H and O–H groups in total. The van der Waals surface area contributed by atoms with Gasteiger partial charge in [-0.1, -0.05) is 60.7 Å². The van der Waals surface area contributed by atoms with Gasteiger partial charge in [-0.15, -0.1) is 0 Å². The molecule has 152 valence electrons. The van der Waals surface area contributed by atoms with Crippen molar-refractivity contribution in [1.82, 2.24) is 19.9 Å². The number of rotatable bonds is 5. The third-order valence-electron chi connectivity index (χ3n) is 5.07. The molecule has 0 amide bonds. The second-order valence-electron chi connectivity index (χ2n) is 7.02. The number of aromatic amines is 1. The van der Waals surface area contributed by atoms with Crippen molar-refractivity contribution in [3.8, 4) is 45.8 Å². The van der Waals surface area contributed by atoms with Crippen LogP contribution >= 0.6 is 0 Å². The zero-order valence-electron chi connectivity index (χ0n) is 17.2. The SMILES string of the molecule is COc1cc2cc(-c3nc(-c4ccccc4)nc(-c4ccccc4)n3)[nH]c2cc1OC. The van der Waals surface area contributed by atoms with Crippen LogP contribution in [0.15, 0.2) is 78.9 Å². The number of nitrogens with zero attached hydrogens (tertiary/aromatic N) is 3. The van der Waals surface area contributed by atoms with E-state index in [0.29, 0.717) is 29.0 Å². The molecule has 0 aliphatic heterocycles. The maximum absolute atomic E-state index is 5.43. The van der Waals surface area contributed by atoms with E-state index in [1.807, 2.05) is 78.9 Å². The lowest BCUT2D eigenvalue weighted by molar-refractivity contribution is 0.356. The number of hydrogen-bond acceptors (Lipinski definition) is 5. The predicted octanol–water partition coefficient (Wildman–Crippen LogP) is 5.37. The van der Waals surface area contributed by atoms with Crippen molar-refractivity contribution in [3.63, 3.8) is 0 Å². The molecule has 31 heavy (non-hydrogen) atoms. The van der Waals surface area contributed by atoms with Gasteiger partial charge in [0.2, 0.25) is 0 Å². The van der Waals surface area contributed by atoms with E-state index in [0.717, 1.165) is 27.7 Å². The Labute approximate surface area is 179 Å². The Balaban J connectivity index is 1.69. The molecule has 2 heterocycles. The molecule has 0 saturated heterocycles. The molecule has 6 nitrogen and oxygen atoms in total. The van der Waals surface area contributed by atoms with E-state index < -0.39 is 0 Å². The summed E-state index contributed by atoms with van der Waals surface area (Å²) < 4.78 is 10.9. The highest BCUT2D eigenvalue weighted by molar-refractivity contribution is 5.88. The van der Waals surface area contributed by atoms with Crippen molar-refractivity contribution in [2.75, 3.05) is 14.2 Å². The van der Waals surface area contributed by atoms with Crippen LogP contribution in [0.2, 0.25) is 0 Å². The second-order valence-corrected chi connectivity index (χ2v) is 7.02. The van der Waals surface area contributed by atoms with Crippen LogP contribution in [0.5, 0.6) is 11.5 Å². The highest BCUT2D eigenvalue weighted by Gasteiger charge is 2.15. The predicted molar refractivity (Wildman–Crippen MR) is 121 cm³/mol. The Morgan fingerprint density at radius 2 is 1.13 bits per heavy atom. The number of H-pyrrole nitrogens is 1. The van der Waals surface area contributed by atoms with Crippen LogP contribution in [0.25, 0.3) is 45.2 Å². The average molecular weight is 408 g/mol. The number of aromatic nitrogens is 4. The van der Waals surface area contributed by atoms with Crippen LogP contribution in [-0.4, -0.2) is 34.2 Å². The summed E-state index contributed by atoms with van der Waals surface area (Å²) in [6.45, 7) is 0. The van der Waals surface area contributed by atoms with E-state index in [9.17, 15) is 0 Å². The highest BCUT2D eigenvalue weighted by atomic mass is 16.5. The Morgan fingerprint density at radius 3 is 1.68 bits per heavy atom. The van der Waals surface area contributed by atoms with E-state index in [2.05, 4.69) is 4.98 Å². The fourth-order valence-corrected chi connectivity index (χ4v) is 3.51. The van der Waals surface area contributed by atoms with E-state index >= 15 is 0 Å². The van der Waals surface area contributed by atoms with Crippen molar-refractivity contribution >= 4 is 10.9 Å². The summed E-state index contributed by atoms with van der Waals surface area (Å²) in [5.74, 6) is 3.15. The van der Waals surface area contributed by atoms with Gasteiger partial charge in [0.05, 0.1) is 19.9 Å². The van der Waals surface area contributed by atoms with E-state index in [1.165, 1.54) is 0 Å². The van der Waals surface area contributed by atoms with Crippen LogP contribution in [0.4, 0.5) is 0 Å². The number of methoxy groups -OCH3 is 2. The molecule has 5 aromatic rings. The van der Waals surface area contributed by atoms with Gasteiger partial charge in [0.25, 0.3) is 0 Å². The molecule has 5 rings (SSSR count). The van der Waals surface area contributed by atoms with Gasteiger partial charge in [-0.3, -0.25) is 0 Å². The molecule has 6 heteroatoms. The smallest absolute Gasteiger partial charge is 0.180 e. The van der Waals surface area contributed by atoms with Gasteiger partial charge in [0.15, 0.2) is 29.0 Å². The minimum Gasteiger partial charge on any atom is -0.493 e. The summed E-state index contributed by atoms with van der Waals surface area (Å²) in [4.78, 5) is 17.7. The summed E-state index contributed by atoms with van der Waals surface area (Å²) in [6, 6.07) is 25.7. The lowest BCUT2D eigenvalue weighted by Crippen LogP contribution is -2.00. The molecule has 0 bridgehead atoms. The zero-order valence-corrected chi connectivity index (χ0v) is 17.2. The van der Waals surface area contributed by atoms with Crippen LogP contribution < -0.4 is 9.47 Å². The molecule has 0 radical (unpaired) electrons. The summed E-state index contributed by atoms with van der Waals surface area (Å²) in [7, 11) is 3.25. The fraction of sp³-hybridized carbons (Fsp3) is 0.0800. The summed E-state index contributed by atoms with van der Waals surface area (Å²) in [5.41, 5.74) is 3.57. The van der Waals surface area contributed by atoms with Gasteiger partial charge in [-0.05, 0) is 12.1 Å². The molecule has 0 atom stereocenters. The van der Waals surface area contributed by atoms with Gasteiger partial charge in [-0.25, -0.2) is 15.0 Å². The van der Waals surface area contributed by atoms with Crippen molar-refractivity contribution < 1.29 is 9.47 Å². The molecule has 0 fully saturated rings. The number of benzene rings is 3. The molecule has 0 unspecified atom stereocenters. The van der Waals surface area contributed by atoms with Gasteiger partial charge >= 0.3 is 0 Å². The molecule has 2 aromatic heterocycles. The number of fused-ring (bicyclic) bond motifs is 1. The lowest BCUT2D eigenvalue weighted by Gasteiger charge is -2.07. The van der Waals surface area contributed by atoms with Crippen molar-refractivity contribution in [1.29, 1.82) is 0 Å². The molecule has 0 aliphatic rings. The largest absolute Gasteiger partial charge is 0.493 e.